The van der Waals surface area contributed by atoms with E-state index in [0.29, 0.717) is 18.7 Å². The molecular weight excluding hydrogens is 214 g/mol. The summed E-state index contributed by atoms with van der Waals surface area (Å²) in [5.74, 6) is 2.29. The van der Waals surface area contributed by atoms with Crippen LogP contribution in [0.5, 0.6) is 0 Å². The normalized spacial score (nSPS) is 18.6. The van der Waals surface area contributed by atoms with E-state index in [1.54, 1.807) is 0 Å². The summed E-state index contributed by atoms with van der Waals surface area (Å²) < 4.78 is 5.27. The lowest BCUT2D eigenvalue weighted by atomic mass is 9.81. The van der Waals surface area contributed by atoms with Crippen molar-refractivity contribution in [2.45, 2.75) is 52.4 Å². The monoisotopic (exact) mass is 233 g/mol. The standard InChI is InChI=1S/C13H19N3O/c1-3-13(2,6-7-14)9-12-15-11(16-17-12)8-10-4-5-10/h10H,3-6,8-9H2,1-2H3. The van der Waals surface area contributed by atoms with Crippen LogP contribution in [0.25, 0.3) is 0 Å². The Kier molecular flexibility index (Phi) is 3.46. The number of aromatic nitrogens is 2. The first-order chi connectivity index (χ1) is 8.15. The minimum absolute atomic E-state index is 0.0435. The lowest BCUT2D eigenvalue weighted by molar-refractivity contribution is 0.265. The van der Waals surface area contributed by atoms with Crippen molar-refractivity contribution in [2.75, 3.05) is 0 Å². The first-order valence-corrected chi connectivity index (χ1v) is 6.33. The molecule has 17 heavy (non-hydrogen) atoms. The van der Waals surface area contributed by atoms with Crippen LogP contribution in [0, 0.1) is 22.7 Å². The molecule has 1 aliphatic carbocycles. The first kappa shape index (κ1) is 12.1. The molecule has 1 aromatic rings. The van der Waals surface area contributed by atoms with Crippen molar-refractivity contribution in [1.29, 1.82) is 5.26 Å². The Morgan fingerprint density at radius 3 is 2.88 bits per heavy atom. The van der Waals surface area contributed by atoms with Crippen molar-refractivity contribution in [3.63, 3.8) is 0 Å². The third kappa shape index (κ3) is 3.29. The molecule has 1 aliphatic rings. The van der Waals surface area contributed by atoms with Gasteiger partial charge < -0.3 is 4.52 Å². The van der Waals surface area contributed by atoms with Gasteiger partial charge in [-0.2, -0.15) is 10.2 Å². The van der Waals surface area contributed by atoms with Crippen molar-refractivity contribution >= 4 is 0 Å². The Hall–Kier alpha value is -1.37. The smallest absolute Gasteiger partial charge is 0.227 e. The van der Waals surface area contributed by atoms with E-state index in [0.717, 1.165) is 24.6 Å². The molecule has 0 spiro atoms. The number of rotatable bonds is 6. The van der Waals surface area contributed by atoms with E-state index in [1.807, 2.05) is 0 Å². The zero-order chi connectivity index (χ0) is 12.3. The number of nitrogens with zero attached hydrogens (tertiary/aromatic N) is 3. The minimum atomic E-state index is -0.0435. The van der Waals surface area contributed by atoms with Gasteiger partial charge >= 0.3 is 0 Å². The highest BCUT2D eigenvalue weighted by Gasteiger charge is 2.27. The summed E-state index contributed by atoms with van der Waals surface area (Å²) in [4.78, 5) is 4.42. The molecule has 4 heteroatoms. The van der Waals surface area contributed by atoms with Gasteiger partial charge in [-0.3, -0.25) is 0 Å². The van der Waals surface area contributed by atoms with E-state index >= 15 is 0 Å². The third-order valence-electron chi connectivity index (χ3n) is 3.62. The summed E-state index contributed by atoms with van der Waals surface area (Å²) in [5, 5.41) is 12.8. The van der Waals surface area contributed by atoms with Crippen molar-refractivity contribution in [3.05, 3.63) is 11.7 Å². The Morgan fingerprint density at radius 1 is 1.53 bits per heavy atom. The molecule has 0 aromatic carbocycles. The maximum absolute atomic E-state index is 8.83. The molecule has 0 amide bonds. The zero-order valence-corrected chi connectivity index (χ0v) is 10.6. The SMILES string of the molecule is CCC(C)(CC#N)Cc1nc(CC2CC2)no1. The van der Waals surface area contributed by atoms with Gasteiger partial charge in [0.2, 0.25) is 5.89 Å². The van der Waals surface area contributed by atoms with E-state index in [2.05, 4.69) is 30.1 Å². The Morgan fingerprint density at radius 2 is 2.29 bits per heavy atom. The predicted molar refractivity (Wildman–Crippen MR) is 63.1 cm³/mol. The summed E-state index contributed by atoms with van der Waals surface area (Å²) in [6, 6.07) is 2.24. The number of nitriles is 1. The van der Waals surface area contributed by atoms with Crippen molar-refractivity contribution in [1.82, 2.24) is 10.1 Å². The molecule has 0 aliphatic heterocycles. The summed E-state index contributed by atoms with van der Waals surface area (Å²) in [5.41, 5.74) is -0.0435. The largest absolute Gasteiger partial charge is 0.339 e. The van der Waals surface area contributed by atoms with Gasteiger partial charge in [-0.15, -0.1) is 0 Å². The lowest BCUT2D eigenvalue weighted by Crippen LogP contribution is -2.18. The quantitative estimate of drug-likeness (QED) is 0.757. The molecule has 1 saturated carbocycles. The molecule has 4 nitrogen and oxygen atoms in total. The first-order valence-electron chi connectivity index (χ1n) is 6.33. The van der Waals surface area contributed by atoms with Crippen LogP contribution in [0.15, 0.2) is 4.52 Å². The molecule has 1 unspecified atom stereocenters. The highest BCUT2D eigenvalue weighted by molar-refractivity contribution is 4.96. The molecule has 92 valence electrons. The lowest BCUT2D eigenvalue weighted by Gasteiger charge is -2.22. The van der Waals surface area contributed by atoms with Gasteiger partial charge in [0.05, 0.1) is 6.07 Å². The molecule has 2 rings (SSSR count). The zero-order valence-electron chi connectivity index (χ0n) is 10.6. The molecule has 1 atom stereocenters. The van der Waals surface area contributed by atoms with Crippen LogP contribution in [0.2, 0.25) is 0 Å². The second kappa shape index (κ2) is 4.87. The van der Waals surface area contributed by atoms with Crippen LogP contribution < -0.4 is 0 Å². The second-order valence-electron chi connectivity index (χ2n) is 5.43. The third-order valence-corrected chi connectivity index (χ3v) is 3.62. The van der Waals surface area contributed by atoms with E-state index in [-0.39, 0.29) is 5.41 Å². The van der Waals surface area contributed by atoms with Crippen LogP contribution in [0.1, 0.15) is 51.2 Å². The molecule has 0 bridgehead atoms. The van der Waals surface area contributed by atoms with Crippen LogP contribution in [-0.4, -0.2) is 10.1 Å². The highest BCUT2D eigenvalue weighted by Crippen LogP contribution is 2.33. The average Bonchev–Trinajstić information content (AvgIpc) is 3.00. The fraction of sp³-hybridized carbons (Fsp3) is 0.769. The van der Waals surface area contributed by atoms with Crippen LogP contribution in [0.3, 0.4) is 0 Å². The van der Waals surface area contributed by atoms with Crippen LogP contribution in [0.4, 0.5) is 0 Å². The number of hydrogen-bond acceptors (Lipinski definition) is 4. The van der Waals surface area contributed by atoms with Crippen molar-refractivity contribution in [3.8, 4) is 6.07 Å². The van der Waals surface area contributed by atoms with Gasteiger partial charge in [0.15, 0.2) is 5.82 Å². The minimum Gasteiger partial charge on any atom is -0.339 e. The second-order valence-corrected chi connectivity index (χ2v) is 5.43. The maximum atomic E-state index is 8.83. The Balaban J connectivity index is 1.96. The Labute approximate surface area is 102 Å². The molecule has 0 saturated heterocycles. The summed E-state index contributed by atoms with van der Waals surface area (Å²) >= 11 is 0. The van der Waals surface area contributed by atoms with Crippen molar-refractivity contribution < 1.29 is 4.52 Å². The highest BCUT2D eigenvalue weighted by atomic mass is 16.5. The molecule has 1 aromatic heterocycles. The van der Waals surface area contributed by atoms with E-state index in [9.17, 15) is 0 Å². The van der Waals surface area contributed by atoms with E-state index < -0.39 is 0 Å². The van der Waals surface area contributed by atoms with Gasteiger partial charge in [0, 0.05) is 19.3 Å². The van der Waals surface area contributed by atoms with Gasteiger partial charge in [0.1, 0.15) is 0 Å². The maximum Gasteiger partial charge on any atom is 0.227 e. The predicted octanol–water partition coefficient (Wildman–Crippen LogP) is 2.89. The van der Waals surface area contributed by atoms with Gasteiger partial charge in [-0.1, -0.05) is 19.0 Å². The van der Waals surface area contributed by atoms with Gasteiger partial charge in [0.25, 0.3) is 0 Å². The summed E-state index contributed by atoms with van der Waals surface area (Å²) in [6.07, 6.45) is 5.72. The van der Waals surface area contributed by atoms with E-state index in [1.165, 1.54) is 12.8 Å². The summed E-state index contributed by atoms with van der Waals surface area (Å²) in [7, 11) is 0. The Bertz CT molecular complexity index is 417. The topological polar surface area (TPSA) is 62.7 Å². The summed E-state index contributed by atoms with van der Waals surface area (Å²) in [6.45, 7) is 4.19. The van der Waals surface area contributed by atoms with Crippen LogP contribution in [-0.2, 0) is 12.8 Å². The van der Waals surface area contributed by atoms with Crippen molar-refractivity contribution in [2.24, 2.45) is 11.3 Å². The number of hydrogen-bond donors (Lipinski definition) is 0. The van der Waals surface area contributed by atoms with Crippen LogP contribution >= 0.6 is 0 Å². The molecule has 1 heterocycles. The van der Waals surface area contributed by atoms with Gasteiger partial charge in [-0.25, -0.2) is 0 Å². The molecule has 0 N–H and O–H groups in total. The van der Waals surface area contributed by atoms with E-state index in [4.69, 9.17) is 9.78 Å². The fourth-order valence-electron chi connectivity index (χ4n) is 1.89. The molecule has 1 fully saturated rings. The van der Waals surface area contributed by atoms with Gasteiger partial charge in [-0.05, 0) is 30.6 Å². The average molecular weight is 233 g/mol. The molecular formula is C13H19N3O. The fourth-order valence-corrected chi connectivity index (χ4v) is 1.89. The molecule has 0 radical (unpaired) electrons.